The van der Waals surface area contributed by atoms with Crippen LogP contribution in [0.3, 0.4) is 0 Å². The molecule has 0 spiro atoms. The summed E-state index contributed by atoms with van der Waals surface area (Å²) in [5.41, 5.74) is 0.764. The van der Waals surface area contributed by atoms with Crippen molar-refractivity contribution in [1.82, 2.24) is 0 Å². The van der Waals surface area contributed by atoms with Crippen molar-refractivity contribution < 1.29 is 9.53 Å². The largest absolute Gasteiger partial charge is 0.417 e. The van der Waals surface area contributed by atoms with Gasteiger partial charge in [-0.25, -0.2) is 4.79 Å². The molecule has 2 rings (SSSR count). The minimum atomic E-state index is -0.610. The van der Waals surface area contributed by atoms with Crippen LogP contribution in [0.25, 0.3) is 0 Å². The van der Waals surface area contributed by atoms with Crippen LogP contribution in [0.2, 0.25) is 5.02 Å². The monoisotopic (exact) mass is 256 g/mol. The molecule has 18 heavy (non-hydrogen) atoms. The van der Waals surface area contributed by atoms with E-state index in [1.54, 1.807) is 24.3 Å². The van der Waals surface area contributed by atoms with E-state index >= 15 is 0 Å². The Morgan fingerprint density at radius 1 is 1.06 bits per heavy atom. The van der Waals surface area contributed by atoms with Crippen molar-refractivity contribution in [1.29, 1.82) is 0 Å². The van der Waals surface area contributed by atoms with Crippen LogP contribution in [0.4, 0.5) is 0 Å². The average Bonchev–Trinajstić information content (AvgIpc) is 2.38. The summed E-state index contributed by atoms with van der Waals surface area (Å²) in [5.74, 6) is 4.91. The molecule has 2 aromatic carbocycles. The highest BCUT2D eigenvalue weighted by Crippen LogP contribution is 2.16. The van der Waals surface area contributed by atoms with E-state index in [1.165, 1.54) is 0 Å². The molecule has 0 aliphatic rings. The van der Waals surface area contributed by atoms with Gasteiger partial charge in [-0.1, -0.05) is 41.8 Å². The van der Waals surface area contributed by atoms with Crippen molar-refractivity contribution in [3.05, 3.63) is 65.2 Å². The van der Waals surface area contributed by atoms with Crippen LogP contribution in [-0.2, 0) is 4.79 Å². The van der Waals surface area contributed by atoms with Gasteiger partial charge in [0.25, 0.3) is 0 Å². The van der Waals surface area contributed by atoms with Gasteiger partial charge in [-0.05, 0) is 30.3 Å². The van der Waals surface area contributed by atoms with Crippen molar-refractivity contribution in [3.8, 4) is 17.6 Å². The van der Waals surface area contributed by atoms with E-state index in [9.17, 15) is 4.79 Å². The van der Waals surface area contributed by atoms with Crippen LogP contribution in [0.15, 0.2) is 54.6 Å². The lowest BCUT2D eigenvalue weighted by Gasteiger charge is -1.99. The number of carbonyl (C=O) groups excluding carboxylic acids is 1. The standard InChI is InChI=1S/C15H9ClO2/c16-13-7-4-8-14(11-13)18-15(17)10-9-12-5-2-1-3-6-12/h1-8,11H. The van der Waals surface area contributed by atoms with Crippen LogP contribution in [0.5, 0.6) is 5.75 Å². The lowest BCUT2D eigenvalue weighted by molar-refractivity contribution is -0.128. The molecule has 2 nitrogen and oxygen atoms in total. The number of ether oxygens (including phenoxy) is 1. The van der Waals surface area contributed by atoms with Gasteiger partial charge in [-0.3, -0.25) is 0 Å². The molecule has 0 heterocycles. The zero-order valence-corrected chi connectivity index (χ0v) is 10.1. The Kier molecular flexibility index (Phi) is 4.01. The Balaban J connectivity index is 2.04. The molecular formula is C15H9ClO2. The van der Waals surface area contributed by atoms with E-state index in [0.29, 0.717) is 10.8 Å². The van der Waals surface area contributed by atoms with Crippen molar-refractivity contribution in [2.75, 3.05) is 0 Å². The maximum Gasteiger partial charge on any atom is 0.390 e. The first kappa shape index (κ1) is 12.2. The summed E-state index contributed by atoms with van der Waals surface area (Å²) < 4.78 is 5.02. The van der Waals surface area contributed by atoms with E-state index in [-0.39, 0.29) is 0 Å². The third kappa shape index (κ3) is 3.65. The normalized spacial score (nSPS) is 9.17. The summed E-state index contributed by atoms with van der Waals surface area (Å²) in [6.45, 7) is 0. The molecule has 0 bridgehead atoms. The SMILES string of the molecule is O=C(C#Cc1ccccc1)Oc1cccc(Cl)c1. The maximum absolute atomic E-state index is 11.5. The highest BCUT2D eigenvalue weighted by molar-refractivity contribution is 6.30. The summed E-state index contributed by atoms with van der Waals surface area (Å²) in [5, 5.41) is 0.510. The molecule has 0 atom stereocenters. The molecule has 0 fully saturated rings. The minimum absolute atomic E-state index is 0.384. The average molecular weight is 257 g/mol. The van der Waals surface area contributed by atoms with Crippen molar-refractivity contribution in [3.63, 3.8) is 0 Å². The van der Waals surface area contributed by atoms with Gasteiger partial charge in [0, 0.05) is 16.5 Å². The van der Waals surface area contributed by atoms with E-state index in [0.717, 1.165) is 5.56 Å². The first-order chi connectivity index (χ1) is 8.74. The number of carbonyl (C=O) groups is 1. The van der Waals surface area contributed by atoms with Gasteiger partial charge in [-0.15, -0.1) is 0 Å². The van der Waals surface area contributed by atoms with Crippen LogP contribution in [-0.4, -0.2) is 5.97 Å². The van der Waals surface area contributed by atoms with E-state index < -0.39 is 5.97 Å². The molecule has 0 aromatic heterocycles. The predicted octanol–water partition coefficient (Wildman–Crippen LogP) is 3.30. The smallest absolute Gasteiger partial charge is 0.390 e. The first-order valence-corrected chi connectivity index (χ1v) is 5.66. The Hall–Kier alpha value is -2.24. The number of esters is 1. The summed E-state index contributed by atoms with van der Waals surface area (Å²) in [4.78, 5) is 11.5. The van der Waals surface area contributed by atoms with Crippen molar-refractivity contribution in [2.24, 2.45) is 0 Å². The number of benzene rings is 2. The second kappa shape index (κ2) is 5.90. The second-order valence-electron chi connectivity index (χ2n) is 3.46. The quantitative estimate of drug-likeness (QED) is 0.445. The van der Waals surface area contributed by atoms with Crippen LogP contribution < -0.4 is 4.74 Å². The Morgan fingerprint density at radius 2 is 1.83 bits per heavy atom. The lowest BCUT2D eigenvalue weighted by atomic mass is 10.2. The Labute approximate surface area is 110 Å². The van der Waals surface area contributed by atoms with Crippen LogP contribution in [0, 0.1) is 11.8 Å². The molecule has 0 unspecified atom stereocenters. The van der Waals surface area contributed by atoms with Gasteiger partial charge >= 0.3 is 5.97 Å². The maximum atomic E-state index is 11.5. The topological polar surface area (TPSA) is 26.3 Å². The van der Waals surface area contributed by atoms with E-state index in [2.05, 4.69) is 11.8 Å². The zero-order valence-electron chi connectivity index (χ0n) is 9.39. The van der Waals surface area contributed by atoms with Gasteiger partial charge in [0.05, 0.1) is 0 Å². The van der Waals surface area contributed by atoms with E-state index in [1.807, 2.05) is 30.3 Å². The fraction of sp³-hybridized carbons (Fsp3) is 0. The number of rotatable bonds is 1. The van der Waals surface area contributed by atoms with Crippen LogP contribution >= 0.6 is 11.6 Å². The molecule has 0 aliphatic heterocycles. The van der Waals surface area contributed by atoms with Gasteiger partial charge in [-0.2, -0.15) is 0 Å². The fourth-order valence-corrected chi connectivity index (χ4v) is 1.49. The molecule has 0 saturated heterocycles. The van der Waals surface area contributed by atoms with Gasteiger partial charge in [0.2, 0.25) is 0 Å². The second-order valence-corrected chi connectivity index (χ2v) is 3.90. The van der Waals surface area contributed by atoms with Gasteiger partial charge in [0.15, 0.2) is 0 Å². The highest BCUT2D eigenvalue weighted by Gasteiger charge is 2.00. The highest BCUT2D eigenvalue weighted by atomic mass is 35.5. The molecule has 88 valence electrons. The Morgan fingerprint density at radius 3 is 2.56 bits per heavy atom. The summed E-state index contributed by atoms with van der Waals surface area (Å²) in [7, 11) is 0. The number of halogens is 1. The summed E-state index contributed by atoms with van der Waals surface area (Å²) >= 11 is 5.77. The third-order valence-electron chi connectivity index (χ3n) is 2.09. The van der Waals surface area contributed by atoms with Crippen molar-refractivity contribution in [2.45, 2.75) is 0 Å². The predicted molar refractivity (Wildman–Crippen MR) is 70.4 cm³/mol. The lowest BCUT2D eigenvalue weighted by Crippen LogP contribution is -2.04. The molecule has 0 saturated carbocycles. The zero-order chi connectivity index (χ0) is 12.8. The third-order valence-corrected chi connectivity index (χ3v) is 2.32. The molecule has 0 radical (unpaired) electrons. The molecular weight excluding hydrogens is 248 g/mol. The first-order valence-electron chi connectivity index (χ1n) is 5.28. The summed E-state index contributed by atoms with van der Waals surface area (Å²) in [6.07, 6.45) is 0. The molecule has 3 heteroatoms. The molecule has 0 aliphatic carbocycles. The fourth-order valence-electron chi connectivity index (χ4n) is 1.31. The summed E-state index contributed by atoms with van der Waals surface area (Å²) in [6, 6.07) is 15.8. The minimum Gasteiger partial charge on any atom is -0.417 e. The Bertz CT molecular complexity index is 609. The number of hydrogen-bond donors (Lipinski definition) is 0. The van der Waals surface area contributed by atoms with Crippen molar-refractivity contribution >= 4 is 17.6 Å². The van der Waals surface area contributed by atoms with Gasteiger partial charge < -0.3 is 4.74 Å². The molecule has 2 aromatic rings. The van der Waals surface area contributed by atoms with Crippen LogP contribution in [0.1, 0.15) is 5.56 Å². The van der Waals surface area contributed by atoms with Gasteiger partial charge in [0.1, 0.15) is 5.75 Å². The molecule has 0 N–H and O–H groups in total. The van der Waals surface area contributed by atoms with E-state index in [4.69, 9.17) is 16.3 Å². The molecule has 0 amide bonds. The number of hydrogen-bond acceptors (Lipinski definition) is 2.